The first kappa shape index (κ1) is 20.9. The number of hydrogen-bond donors (Lipinski definition) is 2. The molecule has 6 nitrogen and oxygen atoms in total. The molecule has 0 radical (unpaired) electrons. The molecule has 0 saturated carbocycles. The molecule has 7 heteroatoms. The minimum Gasteiger partial charge on any atom is -0.370 e. The molecule has 0 aliphatic carbocycles. The number of likely N-dealkylation sites (N-methyl/N-ethyl adjacent to an activating group) is 2. The Labute approximate surface area is 158 Å². The zero-order valence-corrected chi connectivity index (χ0v) is 17.2. The average molecular weight is 438 g/mol. The molecule has 2 aliphatic heterocycles. The van der Waals surface area contributed by atoms with E-state index in [4.69, 9.17) is 5.73 Å². The lowest BCUT2D eigenvalue weighted by Crippen LogP contribution is -2.48. The van der Waals surface area contributed by atoms with Gasteiger partial charge < -0.3 is 16.0 Å². The Morgan fingerprint density at radius 2 is 1.78 bits per heavy atom. The number of guanidine groups is 1. The Morgan fingerprint density at radius 1 is 1.09 bits per heavy atom. The van der Waals surface area contributed by atoms with Gasteiger partial charge in [0, 0.05) is 45.3 Å². The van der Waals surface area contributed by atoms with E-state index in [0.717, 1.165) is 26.2 Å². The quantitative estimate of drug-likeness (QED) is 0.347. The molecule has 0 amide bonds. The summed E-state index contributed by atoms with van der Waals surface area (Å²) in [6.45, 7) is 15.5. The Hall–Kier alpha value is -0.120. The van der Waals surface area contributed by atoms with E-state index >= 15 is 0 Å². The lowest BCUT2D eigenvalue weighted by molar-refractivity contribution is 0.139. The summed E-state index contributed by atoms with van der Waals surface area (Å²) >= 11 is 0. The summed E-state index contributed by atoms with van der Waals surface area (Å²) in [4.78, 5) is 12.0. The maximum Gasteiger partial charge on any atom is 0.188 e. The lowest BCUT2D eigenvalue weighted by atomic mass is 10.2. The van der Waals surface area contributed by atoms with Gasteiger partial charge in [0.25, 0.3) is 0 Å². The van der Waals surface area contributed by atoms with Gasteiger partial charge in [0.2, 0.25) is 0 Å². The van der Waals surface area contributed by atoms with Gasteiger partial charge >= 0.3 is 0 Å². The van der Waals surface area contributed by atoms with Gasteiger partial charge in [-0.05, 0) is 32.5 Å². The van der Waals surface area contributed by atoms with Crippen LogP contribution in [-0.4, -0.2) is 92.1 Å². The number of hydrogen-bond acceptors (Lipinski definition) is 4. The highest BCUT2D eigenvalue weighted by Crippen LogP contribution is 2.16. The molecule has 136 valence electrons. The molecule has 0 bridgehead atoms. The molecule has 0 spiro atoms. The molecule has 23 heavy (non-hydrogen) atoms. The third kappa shape index (κ3) is 7.11. The van der Waals surface area contributed by atoms with Gasteiger partial charge in [0.05, 0.1) is 6.54 Å². The van der Waals surface area contributed by atoms with Gasteiger partial charge in [-0.3, -0.25) is 14.8 Å². The number of piperazine rings is 1. The Balaban J connectivity index is 0.00000264. The van der Waals surface area contributed by atoms with Crippen molar-refractivity contribution < 1.29 is 0 Å². The summed E-state index contributed by atoms with van der Waals surface area (Å²) < 4.78 is 0. The molecular weight excluding hydrogens is 403 g/mol. The van der Waals surface area contributed by atoms with E-state index in [2.05, 4.69) is 38.9 Å². The topological polar surface area (TPSA) is 60.1 Å². The number of aliphatic imine (C=N–C) groups is 1. The maximum absolute atomic E-state index is 5.99. The predicted octanol–water partition coefficient (Wildman–Crippen LogP) is 0.631. The molecule has 1 atom stereocenters. The average Bonchev–Trinajstić information content (AvgIpc) is 3.01. The van der Waals surface area contributed by atoms with Gasteiger partial charge in [0.15, 0.2) is 5.96 Å². The van der Waals surface area contributed by atoms with Crippen LogP contribution in [0.1, 0.15) is 26.7 Å². The van der Waals surface area contributed by atoms with Gasteiger partial charge in [-0.1, -0.05) is 13.8 Å². The first-order chi connectivity index (χ1) is 10.7. The predicted molar refractivity (Wildman–Crippen MR) is 109 cm³/mol. The van der Waals surface area contributed by atoms with Crippen LogP contribution in [0.2, 0.25) is 0 Å². The highest BCUT2D eigenvalue weighted by Gasteiger charge is 2.22. The van der Waals surface area contributed by atoms with Crippen molar-refractivity contribution in [2.24, 2.45) is 10.7 Å². The number of nitrogens with two attached hydrogens (primary N) is 1. The Bertz CT molecular complexity index is 343. The fourth-order valence-electron chi connectivity index (χ4n) is 3.45. The molecule has 0 aromatic rings. The summed E-state index contributed by atoms with van der Waals surface area (Å²) in [5, 5.41) is 3.27. The van der Waals surface area contributed by atoms with Crippen molar-refractivity contribution in [3.8, 4) is 0 Å². The number of halogens is 1. The number of nitrogens with one attached hydrogen (secondary N) is 1. The van der Waals surface area contributed by atoms with Crippen molar-refractivity contribution in [3.63, 3.8) is 0 Å². The van der Waals surface area contributed by atoms with Crippen molar-refractivity contribution in [2.75, 3.05) is 65.4 Å². The third-order valence-electron chi connectivity index (χ3n) is 5.02. The minimum absolute atomic E-state index is 0. The van der Waals surface area contributed by atoms with Crippen LogP contribution in [-0.2, 0) is 0 Å². The van der Waals surface area contributed by atoms with Crippen molar-refractivity contribution in [1.29, 1.82) is 0 Å². The summed E-state index contributed by atoms with van der Waals surface area (Å²) in [5.41, 5.74) is 5.99. The highest BCUT2D eigenvalue weighted by molar-refractivity contribution is 14.0. The van der Waals surface area contributed by atoms with Crippen LogP contribution >= 0.6 is 24.0 Å². The molecule has 3 N–H and O–H groups in total. The smallest absolute Gasteiger partial charge is 0.188 e. The molecular formula is C16H35IN6. The largest absolute Gasteiger partial charge is 0.370 e. The summed E-state index contributed by atoms with van der Waals surface area (Å²) in [7, 11) is 0. The second-order valence-corrected chi connectivity index (χ2v) is 6.35. The van der Waals surface area contributed by atoms with E-state index in [1.807, 2.05) is 0 Å². The fraction of sp³-hybridized carbons (Fsp3) is 0.938. The molecule has 0 aromatic carbocycles. The van der Waals surface area contributed by atoms with E-state index in [1.165, 1.54) is 52.1 Å². The van der Waals surface area contributed by atoms with Crippen LogP contribution in [0.5, 0.6) is 0 Å². The Morgan fingerprint density at radius 3 is 2.43 bits per heavy atom. The molecule has 1 unspecified atom stereocenters. The number of rotatable bonds is 7. The van der Waals surface area contributed by atoms with Crippen LogP contribution in [0.25, 0.3) is 0 Å². The van der Waals surface area contributed by atoms with E-state index in [-0.39, 0.29) is 24.0 Å². The lowest BCUT2D eigenvalue weighted by Gasteiger charge is -2.33. The van der Waals surface area contributed by atoms with E-state index < -0.39 is 0 Å². The molecule has 2 saturated heterocycles. The fourth-order valence-corrected chi connectivity index (χ4v) is 3.45. The normalized spacial score (nSPS) is 24.6. The summed E-state index contributed by atoms with van der Waals surface area (Å²) in [6, 6.07) is 0.590. The SMILES string of the molecule is CCN1CCN(CCNC(N)=NCC2CCCN2CC)CC1.I. The van der Waals surface area contributed by atoms with E-state index in [1.54, 1.807) is 0 Å². The molecule has 2 fully saturated rings. The second kappa shape index (κ2) is 11.4. The standard InChI is InChI=1S/C16H34N6.HI/c1-3-20-10-12-21(13-11-20)9-7-18-16(17)19-14-15-6-5-8-22(15)4-2;/h15H,3-14H2,1-2H3,(H3,17,18,19);1H. The van der Waals surface area contributed by atoms with Crippen molar-refractivity contribution >= 4 is 29.9 Å². The van der Waals surface area contributed by atoms with Gasteiger partial charge in [0.1, 0.15) is 0 Å². The molecule has 2 heterocycles. The first-order valence-electron chi connectivity index (χ1n) is 8.95. The van der Waals surface area contributed by atoms with Crippen molar-refractivity contribution in [2.45, 2.75) is 32.7 Å². The van der Waals surface area contributed by atoms with Crippen LogP contribution in [0.4, 0.5) is 0 Å². The minimum atomic E-state index is 0. The molecule has 2 aliphatic rings. The van der Waals surface area contributed by atoms with Crippen LogP contribution in [0.15, 0.2) is 4.99 Å². The Kier molecular flexibility index (Phi) is 10.4. The number of likely N-dealkylation sites (tertiary alicyclic amines) is 1. The van der Waals surface area contributed by atoms with Crippen molar-refractivity contribution in [3.05, 3.63) is 0 Å². The first-order valence-corrected chi connectivity index (χ1v) is 8.95. The summed E-state index contributed by atoms with van der Waals surface area (Å²) in [5.74, 6) is 0.607. The number of nitrogens with zero attached hydrogens (tertiary/aromatic N) is 4. The van der Waals surface area contributed by atoms with E-state index in [0.29, 0.717) is 12.0 Å². The van der Waals surface area contributed by atoms with Crippen LogP contribution in [0.3, 0.4) is 0 Å². The van der Waals surface area contributed by atoms with Gasteiger partial charge in [-0.15, -0.1) is 24.0 Å². The molecule has 2 rings (SSSR count). The van der Waals surface area contributed by atoms with Gasteiger partial charge in [-0.25, -0.2) is 0 Å². The monoisotopic (exact) mass is 438 g/mol. The van der Waals surface area contributed by atoms with Crippen LogP contribution < -0.4 is 11.1 Å². The van der Waals surface area contributed by atoms with Gasteiger partial charge in [-0.2, -0.15) is 0 Å². The summed E-state index contributed by atoms with van der Waals surface area (Å²) in [6.07, 6.45) is 2.55. The second-order valence-electron chi connectivity index (χ2n) is 6.35. The maximum atomic E-state index is 5.99. The third-order valence-corrected chi connectivity index (χ3v) is 5.02. The highest BCUT2D eigenvalue weighted by atomic mass is 127. The zero-order valence-electron chi connectivity index (χ0n) is 14.8. The van der Waals surface area contributed by atoms with Crippen LogP contribution in [0, 0.1) is 0 Å². The van der Waals surface area contributed by atoms with Crippen molar-refractivity contribution in [1.82, 2.24) is 20.0 Å². The zero-order chi connectivity index (χ0) is 15.8. The molecule has 0 aromatic heterocycles. The van der Waals surface area contributed by atoms with E-state index in [9.17, 15) is 0 Å².